The van der Waals surface area contributed by atoms with Crippen molar-refractivity contribution in [2.45, 2.75) is 13.0 Å². The second-order valence-corrected chi connectivity index (χ2v) is 4.34. The van der Waals surface area contributed by atoms with Gasteiger partial charge >= 0.3 is 0 Å². The Bertz CT molecular complexity index is 593. The molecule has 0 radical (unpaired) electrons. The Hall–Kier alpha value is -1.86. The van der Waals surface area contributed by atoms with Gasteiger partial charge in [-0.25, -0.2) is 8.78 Å². The van der Waals surface area contributed by atoms with Gasteiger partial charge in [-0.1, -0.05) is 0 Å². The van der Waals surface area contributed by atoms with E-state index in [0.717, 1.165) is 11.1 Å². The molecule has 2 aromatic rings. The number of hydrogen-bond acceptors (Lipinski definition) is 4. The minimum atomic E-state index is -2.51. The van der Waals surface area contributed by atoms with Crippen LogP contribution in [0.1, 0.15) is 0 Å². The van der Waals surface area contributed by atoms with E-state index >= 15 is 0 Å². The molecule has 122 valence electrons. The van der Waals surface area contributed by atoms with Gasteiger partial charge in [-0.15, -0.1) is 12.4 Å². The maximum atomic E-state index is 12.2. The lowest BCUT2D eigenvalue weighted by Crippen LogP contribution is -2.09. The molecule has 0 spiro atoms. The zero-order valence-electron chi connectivity index (χ0n) is 12.0. The summed E-state index contributed by atoms with van der Waals surface area (Å²) in [5.41, 5.74) is 7.02. The number of nitrogens with zero attached hydrogens (tertiary/aromatic N) is 2. The zero-order chi connectivity index (χ0) is 15.2. The standard InChI is InChI=1S/C14H17F2N3O2.ClH/c1-20-13-3-2-11(21-9-14(15)16)6-12(13)10-7-18-19(8-10)5-4-17;/h2-3,6-8,14H,4-5,9,17H2,1H3;1H. The fraction of sp³-hybridized carbons (Fsp3) is 0.357. The average Bonchev–Trinajstić information content (AvgIpc) is 2.93. The normalized spacial score (nSPS) is 10.4. The smallest absolute Gasteiger partial charge is 0.272 e. The second-order valence-electron chi connectivity index (χ2n) is 4.34. The van der Waals surface area contributed by atoms with E-state index in [2.05, 4.69) is 5.10 Å². The molecule has 0 bridgehead atoms. The van der Waals surface area contributed by atoms with E-state index < -0.39 is 13.0 Å². The highest BCUT2D eigenvalue weighted by Gasteiger charge is 2.11. The minimum absolute atomic E-state index is 0. The molecule has 2 N–H and O–H groups in total. The average molecular weight is 334 g/mol. The molecule has 0 saturated carbocycles. The van der Waals surface area contributed by atoms with Crippen LogP contribution in [0.25, 0.3) is 11.1 Å². The van der Waals surface area contributed by atoms with Gasteiger partial charge in [0.05, 0.1) is 19.9 Å². The molecule has 5 nitrogen and oxygen atoms in total. The Balaban J connectivity index is 0.00000242. The first-order chi connectivity index (χ1) is 10.1. The number of alkyl halides is 2. The van der Waals surface area contributed by atoms with Crippen LogP contribution in [-0.2, 0) is 6.54 Å². The molecule has 0 unspecified atom stereocenters. The molecule has 1 aromatic heterocycles. The summed E-state index contributed by atoms with van der Waals surface area (Å²) in [7, 11) is 1.54. The summed E-state index contributed by atoms with van der Waals surface area (Å²) in [6.07, 6.45) is 0.981. The summed E-state index contributed by atoms with van der Waals surface area (Å²) < 4.78 is 36.4. The Morgan fingerprint density at radius 1 is 1.36 bits per heavy atom. The fourth-order valence-corrected chi connectivity index (χ4v) is 1.92. The second kappa shape index (κ2) is 8.55. The van der Waals surface area contributed by atoms with Gasteiger partial charge in [0.25, 0.3) is 6.43 Å². The van der Waals surface area contributed by atoms with Crippen molar-refractivity contribution in [1.29, 1.82) is 0 Å². The summed E-state index contributed by atoms with van der Waals surface area (Å²) in [5, 5.41) is 4.18. The SMILES string of the molecule is COc1ccc(OCC(F)F)cc1-c1cnn(CCN)c1.Cl. The number of hydrogen-bond donors (Lipinski definition) is 1. The predicted molar refractivity (Wildman–Crippen MR) is 82.0 cm³/mol. The topological polar surface area (TPSA) is 62.3 Å². The lowest BCUT2D eigenvalue weighted by Gasteiger charge is -2.10. The lowest BCUT2D eigenvalue weighted by atomic mass is 10.1. The van der Waals surface area contributed by atoms with Crippen LogP contribution in [0.5, 0.6) is 11.5 Å². The van der Waals surface area contributed by atoms with Crippen molar-refractivity contribution in [1.82, 2.24) is 9.78 Å². The van der Waals surface area contributed by atoms with Gasteiger partial charge in [-0.2, -0.15) is 5.10 Å². The van der Waals surface area contributed by atoms with Crippen LogP contribution in [0.4, 0.5) is 8.78 Å². The van der Waals surface area contributed by atoms with Gasteiger partial charge in [-0.05, 0) is 18.2 Å². The van der Waals surface area contributed by atoms with Crippen LogP contribution >= 0.6 is 12.4 Å². The molecule has 22 heavy (non-hydrogen) atoms. The predicted octanol–water partition coefficient (Wildman–Crippen LogP) is 2.58. The molecule has 8 heteroatoms. The first-order valence-corrected chi connectivity index (χ1v) is 6.46. The molecule has 0 saturated heterocycles. The highest BCUT2D eigenvalue weighted by molar-refractivity contribution is 5.85. The summed E-state index contributed by atoms with van der Waals surface area (Å²) in [5.74, 6) is 0.976. The van der Waals surface area contributed by atoms with Crippen molar-refractivity contribution < 1.29 is 18.3 Å². The Morgan fingerprint density at radius 3 is 2.77 bits per heavy atom. The van der Waals surface area contributed by atoms with Crippen molar-refractivity contribution in [2.75, 3.05) is 20.3 Å². The molecule has 1 aromatic carbocycles. The Kier molecular flexibility index (Phi) is 7.07. The highest BCUT2D eigenvalue weighted by Crippen LogP contribution is 2.33. The first kappa shape index (κ1) is 18.2. The zero-order valence-corrected chi connectivity index (χ0v) is 12.9. The largest absolute Gasteiger partial charge is 0.496 e. The van der Waals surface area contributed by atoms with E-state index in [-0.39, 0.29) is 12.4 Å². The number of ether oxygens (including phenoxy) is 2. The van der Waals surface area contributed by atoms with E-state index in [1.54, 1.807) is 36.2 Å². The van der Waals surface area contributed by atoms with Crippen molar-refractivity contribution >= 4 is 12.4 Å². The molecule has 0 fully saturated rings. The Morgan fingerprint density at radius 2 is 2.14 bits per heavy atom. The van der Waals surface area contributed by atoms with Crippen molar-refractivity contribution in [3.05, 3.63) is 30.6 Å². The number of nitrogens with two attached hydrogens (primary N) is 1. The third kappa shape index (κ3) is 4.57. The maximum absolute atomic E-state index is 12.2. The van der Waals surface area contributed by atoms with E-state index in [1.165, 1.54) is 0 Å². The van der Waals surface area contributed by atoms with E-state index in [4.69, 9.17) is 15.2 Å². The van der Waals surface area contributed by atoms with E-state index in [9.17, 15) is 8.78 Å². The van der Waals surface area contributed by atoms with Crippen molar-refractivity contribution in [3.8, 4) is 22.6 Å². The summed E-state index contributed by atoms with van der Waals surface area (Å²) >= 11 is 0. The van der Waals surface area contributed by atoms with Crippen LogP contribution in [0.15, 0.2) is 30.6 Å². The molecule has 0 aliphatic heterocycles. The van der Waals surface area contributed by atoms with Crippen LogP contribution in [0.2, 0.25) is 0 Å². The summed E-state index contributed by atoms with van der Waals surface area (Å²) in [6, 6.07) is 4.93. The molecule has 0 amide bonds. The first-order valence-electron chi connectivity index (χ1n) is 6.46. The van der Waals surface area contributed by atoms with Gasteiger partial charge in [0.15, 0.2) is 0 Å². The molecule has 0 atom stereocenters. The van der Waals surface area contributed by atoms with Gasteiger partial charge in [0.2, 0.25) is 0 Å². The molecular weight excluding hydrogens is 316 g/mol. The van der Waals surface area contributed by atoms with Crippen LogP contribution in [0, 0.1) is 0 Å². The quantitative estimate of drug-likeness (QED) is 0.846. The van der Waals surface area contributed by atoms with Crippen molar-refractivity contribution in [3.63, 3.8) is 0 Å². The van der Waals surface area contributed by atoms with E-state index in [0.29, 0.717) is 24.6 Å². The van der Waals surface area contributed by atoms with Crippen LogP contribution in [-0.4, -0.2) is 36.5 Å². The van der Waals surface area contributed by atoms with Gasteiger partial charge in [-0.3, -0.25) is 4.68 Å². The van der Waals surface area contributed by atoms with Gasteiger partial charge in [0.1, 0.15) is 18.1 Å². The molecule has 0 aliphatic rings. The molecule has 2 rings (SSSR count). The summed E-state index contributed by atoms with van der Waals surface area (Å²) in [6.45, 7) is 0.442. The molecule has 1 heterocycles. The third-order valence-corrected chi connectivity index (χ3v) is 2.85. The van der Waals surface area contributed by atoms with Crippen LogP contribution in [0.3, 0.4) is 0 Å². The number of methoxy groups -OCH3 is 1. The maximum Gasteiger partial charge on any atom is 0.272 e. The highest BCUT2D eigenvalue weighted by atomic mass is 35.5. The van der Waals surface area contributed by atoms with Crippen LogP contribution < -0.4 is 15.2 Å². The van der Waals surface area contributed by atoms with Gasteiger partial charge < -0.3 is 15.2 Å². The Labute approximate surface area is 133 Å². The molecular formula is C14H18ClF2N3O2. The summed E-state index contributed by atoms with van der Waals surface area (Å²) in [4.78, 5) is 0. The van der Waals surface area contributed by atoms with E-state index in [1.807, 2.05) is 6.20 Å². The number of aromatic nitrogens is 2. The number of benzene rings is 1. The van der Waals surface area contributed by atoms with Gasteiger partial charge in [0, 0.05) is 23.9 Å². The minimum Gasteiger partial charge on any atom is -0.496 e. The number of rotatable bonds is 7. The monoisotopic (exact) mass is 333 g/mol. The fourth-order valence-electron chi connectivity index (χ4n) is 1.92. The molecule has 0 aliphatic carbocycles. The third-order valence-electron chi connectivity index (χ3n) is 2.85. The van der Waals surface area contributed by atoms with Crippen molar-refractivity contribution in [2.24, 2.45) is 5.73 Å². The lowest BCUT2D eigenvalue weighted by molar-refractivity contribution is 0.0819. The number of halogens is 3.